The SMILES string of the molecule is Cc1[nH]c(CCN)nc1-c1ccc(F)cc1. The molecule has 3 nitrogen and oxygen atoms in total. The normalized spacial score (nSPS) is 10.7. The van der Waals surface area contributed by atoms with E-state index in [4.69, 9.17) is 5.73 Å². The number of imidazole rings is 1. The molecule has 1 heterocycles. The van der Waals surface area contributed by atoms with Crippen LogP contribution in [-0.4, -0.2) is 16.5 Å². The molecular weight excluding hydrogens is 205 g/mol. The zero-order valence-corrected chi connectivity index (χ0v) is 9.13. The lowest BCUT2D eigenvalue weighted by Gasteiger charge is -1.97. The summed E-state index contributed by atoms with van der Waals surface area (Å²) in [6, 6.07) is 6.33. The number of nitrogens with two attached hydrogens (primary N) is 1. The lowest BCUT2D eigenvalue weighted by molar-refractivity contribution is 0.628. The van der Waals surface area contributed by atoms with Gasteiger partial charge in [-0.25, -0.2) is 9.37 Å². The van der Waals surface area contributed by atoms with Crippen LogP contribution in [0.4, 0.5) is 4.39 Å². The van der Waals surface area contributed by atoms with Crippen molar-refractivity contribution in [1.29, 1.82) is 0 Å². The van der Waals surface area contributed by atoms with Crippen LogP contribution in [0.15, 0.2) is 24.3 Å². The molecule has 0 bridgehead atoms. The van der Waals surface area contributed by atoms with Gasteiger partial charge in [0, 0.05) is 17.7 Å². The van der Waals surface area contributed by atoms with E-state index in [1.807, 2.05) is 6.92 Å². The Hall–Kier alpha value is -1.68. The molecule has 4 heteroatoms. The van der Waals surface area contributed by atoms with E-state index in [0.717, 1.165) is 29.2 Å². The van der Waals surface area contributed by atoms with Crippen LogP contribution in [0.5, 0.6) is 0 Å². The first kappa shape index (κ1) is 10.8. The maximum atomic E-state index is 12.8. The number of hydrogen-bond donors (Lipinski definition) is 2. The highest BCUT2D eigenvalue weighted by molar-refractivity contribution is 5.61. The Labute approximate surface area is 93.5 Å². The van der Waals surface area contributed by atoms with E-state index in [1.165, 1.54) is 12.1 Å². The molecule has 2 rings (SSSR count). The summed E-state index contributed by atoms with van der Waals surface area (Å²) in [5.74, 6) is 0.637. The van der Waals surface area contributed by atoms with Crippen molar-refractivity contribution in [2.45, 2.75) is 13.3 Å². The monoisotopic (exact) mass is 219 g/mol. The average molecular weight is 219 g/mol. The van der Waals surface area contributed by atoms with Crippen LogP contribution in [0.2, 0.25) is 0 Å². The first-order chi connectivity index (χ1) is 7.70. The van der Waals surface area contributed by atoms with Crippen molar-refractivity contribution >= 4 is 0 Å². The molecule has 0 saturated heterocycles. The van der Waals surface area contributed by atoms with Crippen LogP contribution in [0, 0.1) is 12.7 Å². The molecule has 0 unspecified atom stereocenters. The fourth-order valence-corrected chi connectivity index (χ4v) is 1.67. The van der Waals surface area contributed by atoms with Crippen molar-refractivity contribution in [2.75, 3.05) is 6.54 Å². The van der Waals surface area contributed by atoms with Gasteiger partial charge in [0.25, 0.3) is 0 Å². The van der Waals surface area contributed by atoms with Gasteiger partial charge in [0.2, 0.25) is 0 Å². The third kappa shape index (κ3) is 2.12. The Kier molecular flexibility index (Phi) is 3.01. The molecule has 0 saturated carbocycles. The van der Waals surface area contributed by atoms with Crippen molar-refractivity contribution in [2.24, 2.45) is 5.73 Å². The summed E-state index contributed by atoms with van der Waals surface area (Å²) in [4.78, 5) is 7.62. The van der Waals surface area contributed by atoms with Crippen LogP contribution >= 0.6 is 0 Å². The Bertz CT molecular complexity index is 474. The third-order valence-corrected chi connectivity index (χ3v) is 2.43. The summed E-state index contributed by atoms with van der Waals surface area (Å²) in [7, 11) is 0. The Morgan fingerprint density at radius 2 is 2.00 bits per heavy atom. The second-order valence-corrected chi connectivity index (χ2v) is 3.70. The van der Waals surface area contributed by atoms with Crippen LogP contribution in [0.25, 0.3) is 11.3 Å². The summed E-state index contributed by atoms with van der Waals surface area (Å²) in [5, 5.41) is 0. The smallest absolute Gasteiger partial charge is 0.123 e. The Balaban J connectivity index is 2.36. The van der Waals surface area contributed by atoms with E-state index < -0.39 is 0 Å². The molecule has 84 valence electrons. The number of halogens is 1. The minimum Gasteiger partial charge on any atom is -0.346 e. The number of nitrogens with one attached hydrogen (secondary N) is 1. The minimum absolute atomic E-state index is 0.237. The molecule has 0 radical (unpaired) electrons. The van der Waals surface area contributed by atoms with Crippen molar-refractivity contribution < 1.29 is 4.39 Å². The van der Waals surface area contributed by atoms with Gasteiger partial charge in [-0.3, -0.25) is 0 Å². The van der Waals surface area contributed by atoms with Crippen molar-refractivity contribution in [3.05, 3.63) is 41.6 Å². The highest BCUT2D eigenvalue weighted by atomic mass is 19.1. The number of nitrogens with zero attached hydrogens (tertiary/aromatic N) is 1. The third-order valence-electron chi connectivity index (χ3n) is 2.43. The first-order valence-electron chi connectivity index (χ1n) is 5.22. The molecule has 0 atom stereocenters. The first-order valence-corrected chi connectivity index (χ1v) is 5.22. The summed E-state index contributed by atoms with van der Waals surface area (Å²) in [5.41, 5.74) is 8.23. The standard InChI is InChI=1S/C12H14FN3/c1-8-12(16-11(15-8)6-7-14)9-2-4-10(13)5-3-9/h2-5H,6-7,14H2,1H3,(H,15,16). The highest BCUT2D eigenvalue weighted by Gasteiger charge is 2.08. The van der Waals surface area contributed by atoms with Crippen LogP contribution in [-0.2, 0) is 6.42 Å². The lowest BCUT2D eigenvalue weighted by atomic mass is 10.1. The van der Waals surface area contributed by atoms with Gasteiger partial charge in [0.05, 0.1) is 5.69 Å². The van der Waals surface area contributed by atoms with Gasteiger partial charge in [-0.1, -0.05) is 0 Å². The number of hydrogen-bond acceptors (Lipinski definition) is 2. The van der Waals surface area contributed by atoms with Crippen LogP contribution in [0.1, 0.15) is 11.5 Å². The van der Waals surface area contributed by atoms with Gasteiger partial charge in [-0.15, -0.1) is 0 Å². The maximum absolute atomic E-state index is 12.8. The highest BCUT2D eigenvalue weighted by Crippen LogP contribution is 2.21. The number of aryl methyl sites for hydroxylation is 1. The average Bonchev–Trinajstić information content (AvgIpc) is 2.61. The van der Waals surface area contributed by atoms with E-state index >= 15 is 0 Å². The van der Waals surface area contributed by atoms with Crippen LogP contribution in [0.3, 0.4) is 0 Å². The molecule has 1 aromatic carbocycles. The number of H-pyrrole nitrogens is 1. The summed E-state index contributed by atoms with van der Waals surface area (Å²) >= 11 is 0. The molecule has 0 aliphatic carbocycles. The summed E-state index contributed by atoms with van der Waals surface area (Å²) in [6.07, 6.45) is 0.724. The maximum Gasteiger partial charge on any atom is 0.123 e. The molecule has 1 aromatic heterocycles. The van der Waals surface area contributed by atoms with Crippen molar-refractivity contribution in [3.8, 4) is 11.3 Å². The van der Waals surface area contributed by atoms with Gasteiger partial charge >= 0.3 is 0 Å². The van der Waals surface area contributed by atoms with Gasteiger partial charge in [-0.2, -0.15) is 0 Å². The van der Waals surface area contributed by atoms with E-state index in [2.05, 4.69) is 9.97 Å². The van der Waals surface area contributed by atoms with E-state index in [-0.39, 0.29) is 5.82 Å². The van der Waals surface area contributed by atoms with E-state index in [9.17, 15) is 4.39 Å². The topological polar surface area (TPSA) is 54.7 Å². The second-order valence-electron chi connectivity index (χ2n) is 3.70. The van der Waals surface area contributed by atoms with Gasteiger partial charge < -0.3 is 10.7 Å². The van der Waals surface area contributed by atoms with Gasteiger partial charge in [0.1, 0.15) is 11.6 Å². The van der Waals surface area contributed by atoms with Crippen molar-refractivity contribution in [1.82, 2.24) is 9.97 Å². The molecule has 0 aliphatic rings. The summed E-state index contributed by atoms with van der Waals surface area (Å²) < 4.78 is 12.8. The predicted octanol–water partition coefficient (Wildman–Crippen LogP) is 2.03. The molecular formula is C12H14FN3. The van der Waals surface area contributed by atoms with E-state index in [0.29, 0.717) is 6.54 Å². The fourth-order valence-electron chi connectivity index (χ4n) is 1.67. The molecule has 16 heavy (non-hydrogen) atoms. The quantitative estimate of drug-likeness (QED) is 0.829. The molecule has 3 N–H and O–H groups in total. The fraction of sp³-hybridized carbons (Fsp3) is 0.250. The zero-order valence-electron chi connectivity index (χ0n) is 9.13. The largest absolute Gasteiger partial charge is 0.346 e. The number of rotatable bonds is 3. The molecule has 0 amide bonds. The lowest BCUT2D eigenvalue weighted by Crippen LogP contribution is -2.03. The van der Waals surface area contributed by atoms with Gasteiger partial charge in [0.15, 0.2) is 0 Å². The van der Waals surface area contributed by atoms with Crippen LogP contribution < -0.4 is 5.73 Å². The Morgan fingerprint density at radius 3 is 2.62 bits per heavy atom. The number of aromatic amines is 1. The summed E-state index contributed by atoms with van der Waals surface area (Å²) in [6.45, 7) is 2.52. The molecule has 0 fully saturated rings. The molecule has 0 aliphatic heterocycles. The predicted molar refractivity (Wildman–Crippen MR) is 61.5 cm³/mol. The molecule has 2 aromatic rings. The number of benzene rings is 1. The van der Waals surface area contributed by atoms with E-state index in [1.54, 1.807) is 12.1 Å². The zero-order chi connectivity index (χ0) is 11.5. The number of aromatic nitrogens is 2. The Morgan fingerprint density at radius 1 is 1.31 bits per heavy atom. The second kappa shape index (κ2) is 4.45. The van der Waals surface area contributed by atoms with Gasteiger partial charge in [-0.05, 0) is 37.7 Å². The minimum atomic E-state index is -0.237. The van der Waals surface area contributed by atoms with Crippen molar-refractivity contribution in [3.63, 3.8) is 0 Å². The molecule has 0 spiro atoms.